The molecule has 0 atom stereocenters. The lowest BCUT2D eigenvalue weighted by molar-refractivity contribution is -0.113. The van der Waals surface area contributed by atoms with Crippen LogP contribution in [0.15, 0.2) is 29.3 Å². The number of carbonyl (C=O) groups excluding carboxylic acids is 1. The molecule has 0 spiro atoms. The summed E-state index contributed by atoms with van der Waals surface area (Å²) in [6.45, 7) is 4.29. The van der Waals surface area contributed by atoms with Crippen molar-refractivity contribution in [1.82, 2.24) is 20.0 Å². The fourth-order valence-electron chi connectivity index (χ4n) is 2.66. The number of nitrogens with one attached hydrogen (secondary N) is 2. The van der Waals surface area contributed by atoms with Gasteiger partial charge in [-0.05, 0) is 12.8 Å². The van der Waals surface area contributed by atoms with Crippen LogP contribution in [0, 0.1) is 0 Å². The maximum atomic E-state index is 12.2. The first kappa shape index (κ1) is 17.0. The van der Waals surface area contributed by atoms with Crippen molar-refractivity contribution in [3.63, 3.8) is 0 Å². The van der Waals surface area contributed by atoms with E-state index in [1.807, 2.05) is 10.7 Å². The number of aromatic nitrogens is 4. The van der Waals surface area contributed by atoms with Crippen molar-refractivity contribution in [2.45, 2.75) is 36.1 Å². The number of anilines is 2. The third-order valence-electron chi connectivity index (χ3n) is 3.74. The third-order valence-corrected chi connectivity index (χ3v) is 5.75. The first-order chi connectivity index (χ1) is 11.8. The standard InChI is InChI=1S/C15H20N6OS2/c1-2-8-16-14-19-20-15(24-14)23-10-13(22)18-12-7-9-17-21(12)11-5-3-4-6-11/h2,7,9,11H,1,3-6,8,10H2,(H,16,19)(H,18,22). The molecule has 1 aliphatic carbocycles. The first-order valence-corrected chi connectivity index (χ1v) is 9.71. The van der Waals surface area contributed by atoms with Gasteiger partial charge in [-0.25, -0.2) is 4.68 Å². The molecule has 9 heteroatoms. The number of amides is 1. The Morgan fingerprint density at radius 2 is 2.29 bits per heavy atom. The van der Waals surface area contributed by atoms with Crippen LogP contribution in [-0.4, -0.2) is 38.2 Å². The van der Waals surface area contributed by atoms with Gasteiger partial charge < -0.3 is 10.6 Å². The highest BCUT2D eigenvalue weighted by molar-refractivity contribution is 8.01. The Kier molecular flexibility index (Phi) is 5.86. The van der Waals surface area contributed by atoms with Crippen LogP contribution < -0.4 is 10.6 Å². The van der Waals surface area contributed by atoms with Crippen LogP contribution in [0.4, 0.5) is 10.9 Å². The van der Waals surface area contributed by atoms with Crippen molar-refractivity contribution in [2.75, 3.05) is 22.9 Å². The molecule has 1 amide bonds. The van der Waals surface area contributed by atoms with Crippen molar-refractivity contribution in [3.05, 3.63) is 24.9 Å². The smallest absolute Gasteiger partial charge is 0.235 e. The summed E-state index contributed by atoms with van der Waals surface area (Å²) in [6.07, 6.45) is 8.22. The zero-order chi connectivity index (χ0) is 16.8. The van der Waals surface area contributed by atoms with E-state index < -0.39 is 0 Å². The van der Waals surface area contributed by atoms with Crippen molar-refractivity contribution in [3.8, 4) is 0 Å². The minimum Gasteiger partial charge on any atom is -0.357 e. The lowest BCUT2D eigenvalue weighted by Crippen LogP contribution is -2.19. The first-order valence-electron chi connectivity index (χ1n) is 7.90. The molecule has 2 N–H and O–H groups in total. The SMILES string of the molecule is C=CCNc1nnc(SCC(=O)Nc2ccnn2C2CCCC2)s1. The van der Waals surface area contributed by atoms with Gasteiger partial charge in [0.1, 0.15) is 5.82 Å². The van der Waals surface area contributed by atoms with Gasteiger partial charge in [-0.1, -0.05) is 42.0 Å². The molecule has 0 bridgehead atoms. The molecule has 0 radical (unpaired) electrons. The number of carbonyl (C=O) groups is 1. The maximum Gasteiger partial charge on any atom is 0.235 e. The van der Waals surface area contributed by atoms with E-state index in [1.54, 1.807) is 12.3 Å². The van der Waals surface area contributed by atoms with E-state index in [4.69, 9.17) is 0 Å². The van der Waals surface area contributed by atoms with Gasteiger partial charge in [0.2, 0.25) is 11.0 Å². The summed E-state index contributed by atoms with van der Waals surface area (Å²) >= 11 is 2.81. The molecule has 0 aromatic carbocycles. The highest BCUT2D eigenvalue weighted by atomic mass is 32.2. The number of nitrogens with zero attached hydrogens (tertiary/aromatic N) is 4. The molecule has 0 unspecified atom stereocenters. The molecule has 0 aliphatic heterocycles. The molecular formula is C15H20N6OS2. The van der Waals surface area contributed by atoms with Crippen LogP contribution in [0.3, 0.4) is 0 Å². The summed E-state index contributed by atoms with van der Waals surface area (Å²) in [5.74, 6) is 1.01. The van der Waals surface area contributed by atoms with Gasteiger partial charge in [-0.2, -0.15) is 5.10 Å². The Morgan fingerprint density at radius 3 is 3.08 bits per heavy atom. The Balaban J connectivity index is 1.50. The quantitative estimate of drug-likeness (QED) is 0.553. The normalized spacial score (nSPS) is 14.7. The molecule has 1 fully saturated rings. The zero-order valence-corrected chi connectivity index (χ0v) is 14.9. The van der Waals surface area contributed by atoms with E-state index in [-0.39, 0.29) is 5.91 Å². The zero-order valence-electron chi connectivity index (χ0n) is 13.3. The molecule has 24 heavy (non-hydrogen) atoms. The van der Waals surface area contributed by atoms with Gasteiger partial charge >= 0.3 is 0 Å². The molecule has 7 nitrogen and oxygen atoms in total. The van der Waals surface area contributed by atoms with Crippen LogP contribution in [0.25, 0.3) is 0 Å². The largest absolute Gasteiger partial charge is 0.357 e. The summed E-state index contributed by atoms with van der Waals surface area (Å²) in [6, 6.07) is 2.26. The van der Waals surface area contributed by atoms with E-state index in [0.29, 0.717) is 18.3 Å². The van der Waals surface area contributed by atoms with Crippen LogP contribution in [0.2, 0.25) is 0 Å². The maximum absolute atomic E-state index is 12.2. The third kappa shape index (κ3) is 4.35. The predicted octanol–water partition coefficient (Wildman–Crippen LogP) is 3.18. The van der Waals surface area contributed by atoms with Crippen LogP contribution in [-0.2, 0) is 4.79 Å². The van der Waals surface area contributed by atoms with Gasteiger partial charge in [-0.3, -0.25) is 4.79 Å². The van der Waals surface area contributed by atoms with E-state index >= 15 is 0 Å². The second kappa shape index (κ2) is 8.29. The Hall–Kier alpha value is -1.87. The Labute approximate surface area is 148 Å². The second-order valence-electron chi connectivity index (χ2n) is 5.48. The van der Waals surface area contributed by atoms with Crippen LogP contribution in [0.1, 0.15) is 31.7 Å². The van der Waals surface area contributed by atoms with Crippen LogP contribution >= 0.6 is 23.1 Å². The van der Waals surface area contributed by atoms with Gasteiger partial charge in [0, 0.05) is 12.6 Å². The topological polar surface area (TPSA) is 84.7 Å². The molecule has 1 saturated carbocycles. The average Bonchev–Trinajstić information content (AvgIpc) is 3.32. The monoisotopic (exact) mass is 364 g/mol. The Morgan fingerprint density at radius 1 is 1.46 bits per heavy atom. The van der Waals surface area contributed by atoms with Gasteiger partial charge in [0.15, 0.2) is 4.34 Å². The van der Waals surface area contributed by atoms with E-state index in [0.717, 1.165) is 28.1 Å². The molecule has 2 aromatic heterocycles. The van der Waals surface area contributed by atoms with Crippen molar-refractivity contribution >= 4 is 40.0 Å². The number of thioether (sulfide) groups is 1. The van der Waals surface area contributed by atoms with Crippen molar-refractivity contribution < 1.29 is 4.79 Å². The Bertz CT molecular complexity index is 692. The molecule has 128 valence electrons. The van der Waals surface area contributed by atoms with E-state index in [9.17, 15) is 4.79 Å². The molecule has 1 aliphatic rings. The molecule has 2 heterocycles. The summed E-state index contributed by atoms with van der Waals surface area (Å²) in [5, 5.41) is 19.2. The molecule has 0 saturated heterocycles. The lowest BCUT2D eigenvalue weighted by Gasteiger charge is -2.14. The van der Waals surface area contributed by atoms with Gasteiger partial charge in [-0.15, -0.1) is 16.8 Å². The van der Waals surface area contributed by atoms with Crippen molar-refractivity contribution in [2.24, 2.45) is 0 Å². The molecule has 2 aromatic rings. The predicted molar refractivity (Wildman–Crippen MR) is 97.7 cm³/mol. The number of rotatable bonds is 8. The highest BCUT2D eigenvalue weighted by Gasteiger charge is 2.20. The lowest BCUT2D eigenvalue weighted by atomic mass is 10.2. The average molecular weight is 365 g/mol. The van der Waals surface area contributed by atoms with E-state index in [2.05, 4.69) is 32.5 Å². The van der Waals surface area contributed by atoms with Crippen LogP contribution in [0.5, 0.6) is 0 Å². The van der Waals surface area contributed by atoms with Gasteiger partial charge in [0.25, 0.3) is 0 Å². The fraction of sp³-hybridized carbons (Fsp3) is 0.467. The summed E-state index contributed by atoms with van der Waals surface area (Å²) < 4.78 is 2.71. The minimum atomic E-state index is -0.0597. The van der Waals surface area contributed by atoms with E-state index in [1.165, 1.54) is 35.9 Å². The highest BCUT2D eigenvalue weighted by Crippen LogP contribution is 2.31. The number of hydrogen-bond acceptors (Lipinski definition) is 7. The van der Waals surface area contributed by atoms with Gasteiger partial charge in [0.05, 0.1) is 18.0 Å². The second-order valence-corrected chi connectivity index (χ2v) is 7.68. The summed E-state index contributed by atoms with van der Waals surface area (Å²) in [4.78, 5) is 12.2. The number of hydrogen-bond donors (Lipinski definition) is 2. The summed E-state index contributed by atoms with van der Waals surface area (Å²) in [7, 11) is 0. The fourth-order valence-corrected chi connectivity index (χ4v) is 4.22. The minimum absolute atomic E-state index is 0.0597. The molecule has 3 rings (SSSR count). The molecular weight excluding hydrogens is 344 g/mol. The summed E-state index contributed by atoms with van der Waals surface area (Å²) in [5.41, 5.74) is 0. The van der Waals surface area contributed by atoms with Crippen molar-refractivity contribution in [1.29, 1.82) is 0 Å².